The fraction of sp³-hybridized carbons (Fsp3) is 0.571. The molecule has 0 aliphatic carbocycles. The standard InChI is InChI=1S/C14H22N2O3S/c1-10-4-5-14(6-11(10)2)20(17,18)16-8-12(3)19-13(7-15)9-16/h4-6,12-13H,7-9,15H2,1-3H3. The van der Waals surface area contributed by atoms with Gasteiger partial charge in [-0.05, 0) is 44.0 Å². The van der Waals surface area contributed by atoms with Crippen LogP contribution in [0.25, 0.3) is 0 Å². The number of hydrogen-bond acceptors (Lipinski definition) is 4. The van der Waals surface area contributed by atoms with Crippen LogP contribution in [0.1, 0.15) is 18.1 Å². The second-order valence-corrected chi connectivity index (χ2v) is 7.31. The van der Waals surface area contributed by atoms with Crippen LogP contribution in [0, 0.1) is 13.8 Å². The predicted molar refractivity (Wildman–Crippen MR) is 78.1 cm³/mol. The molecule has 5 nitrogen and oxygen atoms in total. The van der Waals surface area contributed by atoms with E-state index in [1.807, 2.05) is 26.8 Å². The average Bonchev–Trinajstić information content (AvgIpc) is 2.41. The van der Waals surface area contributed by atoms with Crippen molar-refractivity contribution in [2.45, 2.75) is 37.9 Å². The summed E-state index contributed by atoms with van der Waals surface area (Å²) in [7, 11) is -3.48. The van der Waals surface area contributed by atoms with Gasteiger partial charge in [-0.15, -0.1) is 0 Å². The molecular formula is C14H22N2O3S. The van der Waals surface area contributed by atoms with Crippen LogP contribution in [0.15, 0.2) is 23.1 Å². The first kappa shape index (κ1) is 15.4. The minimum atomic E-state index is -3.48. The van der Waals surface area contributed by atoms with Gasteiger partial charge in [0.25, 0.3) is 0 Å². The molecule has 0 amide bonds. The van der Waals surface area contributed by atoms with Gasteiger partial charge in [-0.3, -0.25) is 0 Å². The third-order valence-corrected chi connectivity index (χ3v) is 5.50. The fourth-order valence-corrected chi connectivity index (χ4v) is 3.99. The van der Waals surface area contributed by atoms with E-state index in [0.29, 0.717) is 24.5 Å². The molecule has 1 aromatic rings. The first-order valence-electron chi connectivity index (χ1n) is 6.77. The molecule has 1 heterocycles. The number of hydrogen-bond donors (Lipinski definition) is 1. The summed E-state index contributed by atoms with van der Waals surface area (Å²) in [6.07, 6.45) is -0.376. The van der Waals surface area contributed by atoms with Gasteiger partial charge in [0.15, 0.2) is 0 Å². The molecule has 0 radical (unpaired) electrons. The number of nitrogens with two attached hydrogens (primary N) is 1. The number of sulfonamides is 1. The van der Waals surface area contributed by atoms with Crippen LogP contribution < -0.4 is 5.73 Å². The summed E-state index contributed by atoms with van der Waals surface area (Å²) in [4.78, 5) is 0.338. The molecule has 2 atom stereocenters. The van der Waals surface area contributed by atoms with E-state index in [9.17, 15) is 8.42 Å². The Kier molecular flexibility index (Phi) is 4.49. The molecule has 0 saturated carbocycles. The maximum absolute atomic E-state index is 12.7. The predicted octanol–water partition coefficient (Wildman–Crippen LogP) is 1.04. The first-order valence-corrected chi connectivity index (χ1v) is 8.21. The Morgan fingerprint density at radius 1 is 1.30 bits per heavy atom. The fourth-order valence-electron chi connectivity index (χ4n) is 2.35. The summed E-state index contributed by atoms with van der Waals surface area (Å²) < 4.78 is 32.5. The third kappa shape index (κ3) is 3.03. The number of ether oxygens (including phenoxy) is 1. The highest BCUT2D eigenvalue weighted by atomic mass is 32.2. The molecule has 6 heteroatoms. The van der Waals surface area contributed by atoms with E-state index in [2.05, 4.69) is 0 Å². The monoisotopic (exact) mass is 298 g/mol. The van der Waals surface area contributed by atoms with Crippen LogP contribution >= 0.6 is 0 Å². The summed E-state index contributed by atoms with van der Waals surface area (Å²) in [5.74, 6) is 0. The lowest BCUT2D eigenvalue weighted by atomic mass is 10.1. The van der Waals surface area contributed by atoms with E-state index >= 15 is 0 Å². The second-order valence-electron chi connectivity index (χ2n) is 5.37. The Morgan fingerprint density at radius 2 is 2.00 bits per heavy atom. The summed E-state index contributed by atoms with van der Waals surface area (Å²) in [6, 6.07) is 5.23. The maximum atomic E-state index is 12.7. The largest absolute Gasteiger partial charge is 0.371 e. The quantitative estimate of drug-likeness (QED) is 0.905. The van der Waals surface area contributed by atoms with Gasteiger partial charge in [-0.25, -0.2) is 8.42 Å². The van der Waals surface area contributed by atoms with E-state index in [0.717, 1.165) is 11.1 Å². The van der Waals surface area contributed by atoms with E-state index < -0.39 is 10.0 Å². The lowest BCUT2D eigenvalue weighted by Crippen LogP contribution is -2.51. The number of aryl methyl sites for hydroxylation is 2. The molecule has 20 heavy (non-hydrogen) atoms. The summed E-state index contributed by atoms with van der Waals surface area (Å²) >= 11 is 0. The first-order chi connectivity index (χ1) is 9.34. The average molecular weight is 298 g/mol. The van der Waals surface area contributed by atoms with Crippen LogP contribution in [0.5, 0.6) is 0 Å². The smallest absolute Gasteiger partial charge is 0.243 e. The van der Waals surface area contributed by atoms with Gasteiger partial charge in [-0.2, -0.15) is 4.31 Å². The highest BCUT2D eigenvalue weighted by Gasteiger charge is 2.33. The molecule has 0 bridgehead atoms. The second kappa shape index (κ2) is 5.81. The van der Waals surface area contributed by atoms with Gasteiger partial charge >= 0.3 is 0 Å². The molecule has 1 fully saturated rings. The Morgan fingerprint density at radius 3 is 2.60 bits per heavy atom. The van der Waals surface area contributed by atoms with Crippen molar-refractivity contribution in [1.82, 2.24) is 4.31 Å². The van der Waals surface area contributed by atoms with E-state index in [4.69, 9.17) is 10.5 Å². The van der Waals surface area contributed by atoms with E-state index in [-0.39, 0.29) is 12.2 Å². The molecule has 1 aromatic carbocycles. The van der Waals surface area contributed by atoms with Crippen molar-refractivity contribution in [1.29, 1.82) is 0 Å². The van der Waals surface area contributed by atoms with Crippen LogP contribution in [0.3, 0.4) is 0 Å². The van der Waals surface area contributed by atoms with Gasteiger partial charge in [0.2, 0.25) is 10.0 Å². The van der Waals surface area contributed by atoms with E-state index in [1.54, 1.807) is 12.1 Å². The Balaban J connectivity index is 2.31. The molecule has 1 saturated heterocycles. The summed E-state index contributed by atoms with van der Waals surface area (Å²) in [6.45, 7) is 6.75. The van der Waals surface area contributed by atoms with Gasteiger partial charge < -0.3 is 10.5 Å². The number of benzene rings is 1. The lowest BCUT2D eigenvalue weighted by Gasteiger charge is -2.35. The van der Waals surface area contributed by atoms with Gasteiger partial charge in [-0.1, -0.05) is 6.07 Å². The van der Waals surface area contributed by atoms with Gasteiger partial charge in [0.1, 0.15) is 0 Å². The van der Waals surface area contributed by atoms with Crippen molar-refractivity contribution in [3.05, 3.63) is 29.3 Å². The molecule has 112 valence electrons. The SMILES string of the molecule is Cc1ccc(S(=O)(=O)N2CC(C)OC(CN)C2)cc1C. The molecule has 2 rings (SSSR count). The van der Waals surface area contributed by atoms with Crippen LogP contribution in [-0.2, 0) is 14.8 Å². The third-order valence-electron chi connectivity index (χ3n) is 3.67. The topological polar surface area (TPSA) is 72.6 Å². The number of morpholine rings is 1. The van der Waals surface area contributed by atoms with Crippen molar-refractivity contribution in [3.63, 3.8) is 0 Å². The van der Waals surface area contributed by atoms with E-state index in [1.165, 1.54) is 4.31 Å². The molecule has 0 aromatic heterocycles. The molecule has 1 aliphatic heterocycles. The van der Waals surface area contributed by atoms with Crippen molar-refractivity contribution in [2.75, 3.05) is 19.6 Å². The molecular weight excluding hydrogens is 276 g/mol. The molecule has 1 aliphatic rings. The number of rotatable bonds is 3. The Labute approximate surface area is 120 Å². The summed E-state index contributed by atoms with van der Waals surface area (Å²) in [5, 5.41) is 0. The zero-order valence-electron chi connectivity index (χ0n) is 12.2. The maximum Gasteiger partial charge on any atom is 0.243 e. The highest BCUT2D eigenvalue weighted by Crippen LogP contribution is 2.22. The molecule has 2 N–H and O–H groups in total. The van der Waals surface area contributed by atoms with Crippen LogP contribution in [0.2, 0.25) is 0 Å². The van der Waals surface area contributed by atoms with Crippen molar-refractivity contribution < 1.29 is 13.2 Å². The number of nitrogens with zero attached hydrogens (tertiary/aromatic N) is 1. The van der Waals surface area contributed by atoms with Crippen LogP contribution in [0.4, 0.5) is 0 Å². The zero-order chi connectivity index (χ0) is 14.9. The summed E-state index contributed by atoms with van der Waals surface area (Å²) in [5.41, 5.74) is 7.66. The minimum absolute atomic E-state index is 0.140. The normalized spacial score (nSPS) is 24.8. The highest BCUT2D eigenvalue weighted by molar-refractivity contribution is 7.89. The lowest BCUT2D eigenvalue weighted by molar-refractivity contribution is -0.0486. The van der Waals surface area contributed by atoms with Crippen LogP contribution in [-0.4, -0.2) is 44.6 Å². The van der Waals surface area contributed by atoms with Gasteiger partial charge in [0, 0.05) is 19.6 Å². The molecule has 0 spiro atoms. The Bertz CT molecular complexity index is 586. The zero-order valence-corrected chi connectivity index (χ0v) is 13.0. The molecule has 2 unspecified atom stereocenters. The Hall–Kier alpha value is -0.950. The van der Waals surface area contributed by atoms with Gasteiger partial charge in [0.05, 0.1) is 17.1 Å². The van der Waals surface area contributed by atoms with Crippen molar-refractivity contribution in [2.24, 2.45) is 5.73 Å². The minimum Gasteiger partial charge on any atom is -0.371 e. The van der Waals surface area contributed by atoms with Crippen molar-refractivity contribution >= 4 is 10.0 Å². The van der Waals surface area contributed by atoms with Crippen molar-refractivity contribution in [3.8, 4) is 0 Å².